The Kier molecular flexibility index (Phi) is 6.92. The van der Waals surface area contributed by atoms with Crippen LogP contribution in [0, 0.1) is 6.92 Å². The van der Waals surface area contributed by atoms with Gasteiger partial charge in [0.1, 0.15) is 5.00 Å². The average molecular weight is 475 g/mol. The van der Waals surface area contributed by atoms with Crippen molar-refractivity contribution in [3.63, 3.8) is 0 Å². The van der Waals surface area contributed by atoms with Gasteiger partial charge in [-0.05, 0) is 48.2 Å². The van der Waals surface area contributed by atoms with Crippen molar-refractivity contribution in [3.05, 3.63) is 106 Å². The van der Waals surface area contributed by atoms with Gasteiger partial charge in [0.15, 0.2) is 0 Å². The van der Waals surface area contributed by atoms with Crippen molar-refractivity contribution in [1.29, 1.82) is 0 Å². The van der Waals surface area contributed by atoms with E-state index in [2.05, 4.69) is 10.6 Å². The van der Waals surface area contributed by atoms with Gasteiger partial charge in [-0.25, -0.2) is 0 Å². The predicted octanol–water partition coefficient (Wildman–Crippen LogP) is 7.44. The SMILES string of the molecule is CCc1ccccc1NC(=O)c1c(NC(=O)c2ccccc2Cl)sc(-c2ccccc2)c1C. The molecule has 0 bridgehead atoms. The second kappa shape index (κ2) is 10.0. The summed E-state index contributed by atoms with van der Waals surface area (Å²) in [5.74, 6) is -0.620. The van der Waals surface area contributed by atoms with E-state index >= 15 is 0 Å². The lowest BCUT2D eigenvalue weighted by Gasteiger charge is -2.12. The van der Waals surface area contributed by atoms with Crippen LogP contribution >= 0.6 is 22.9 Å². The molecule has 0 saturated carbocycles. The summed E-state index contributed by atoms with van der Waals surface area (Å²) in [7, 11) is 0. The van der Waals surface area contributed by atoms with Gasteiger partial charge in [0.05, 0.1) is 16.1 Å². The Balaban J connectivity index is 1.75. The van der Waals surface area contributed by atoms with Gasteiger partial charge in [-0.15, -0.1) is 11.3 Å². The molecule has 0 aliphatic rings. The van der Waals surface area contributed by atoms with Crippen LogP contribution in [0.3, 0.4) is 0 Å². The number of amides is 2. The van der Waals surface area contributed by atoms with E-state index in [9.17, 15) is 9.59 Å². The molecule has 0 spiro atoms. The zero-order valence-corrected chi connectivity index (χ0v) is 19.9. The number of para-hydroxylation sites is 1. The zero-order valence-electron chi connectivity index (χ0n) is 18.3. The third-order valence-electron chi connectivity index (χ3n) is 5.40. The van der Waals surface area contributed by atoms with Crippen LogP contribution in [0.2, 0.25) is 5.02 Å². The van der Waals surface area contributed by atoms with Crippen molar-refractivity contribution in [3.8, 4) is 10.4 Å². The lowest BCUT2D eigenvalue weighted by Crippen LogP contribution is -2.18. The molecule has 0 saturated heterocycles. The highest BCUT2D eigenvalue weighted by molar-refractivity contribution is 7.20. The normalized spacial score (nSPS) is 10.6. The fourth-order valence-electron chi connectivity index (χ4n) is 3.69. The Morgan fingerprint density at radius 2 is 1.52 bits per heavy atom. The minimum absolute atomic E-state index is 0.263. The number of carbonyl (C=O) groups is 2. The maximum atomic E-state index is 13.5. The molecular formula is C27H23ClN2O2S. The summed E-state index contributed by atoms with van der Waals surface area (Å²) in [6.45, 7) is 3.95. The molecule has 1 heterocycles. The fraction of sp³-hybridized carbons (Fsp3) is 0.111. The Bertz CT molecular complexity index is 1310. The average Bonchev–Trinajstić information content (AvgIpc) is 3.15. The number of hydrogen-bond donors (Lipinski definition) is 2. The topological polar surface area (TPSA) is 58.2 Å². The van der Waals surface area contributed by atoms with Crippen molar-refractivity contribution < 1.29 is 9.59 Å². The predicted molar refractivity (Wildman–Crippen MR) is 138 cm³/mol. The van der Waals surface area contributed by atoms with E-state index < -0.39 is 0 Å². The maximum Gasteiger partial charge on any atom is 0.258 e. The van der Waals surface area contributed by atoms with Crippen LogP contribution in [0.15, 0.2) is 78.9 Å². The Morgan fingerprint density at radius 1 is 0.848 bits per heavy atom. The molecular weight excluding hydrogens is 452 g/mol. The minimum Gasteiger partial charge on any atom is -0.322 e. The monoisotopic (exact) mass is 474 g/mol. The number of thiophene rings is 1. The molecule has 0 aliphatic carbocycles. The van der Waals surface area contributed by atoms with Crippen LogP contribution in [-0.2, 0) is 6.42 Å². The van der Waals surface area contributed by atoms with Crippen molar-refractivity contribution in [1.82, 2.24) is 0 Å². The number of hydrogen-bond acceptors (Lipinski definition) is 3. The van der Waals surface area contributed by atoms with Crippen LogP contribution in [-0.4, -0.2) is 11.8 Å². The van der Waals surface area contributed by atoms with E-state index in [1.54, 1.807) is 24.3 Å². The summed E-state index contributed by atoms with van der Waals surface area (Å²) in [6.07, 6.45) is 0.796. The smallest absolute Gasteiger partial charge is 0.258 e. The minimum atomic E-state index is -0.357. The van der Waals surface area contributed by atoms with Gasteiger partial charge in [0.25, 0.3) is 11.8 Å². The van der Waals surface area contributed by atoms with Gasteiger partial charge in [0, 0.05) is 10.6 Å². The van der Waals surface area contributed by atoms with Crippen molar-refractivity contribution in [2.24, 2.45) is 0 Å². The van der Waals surface area contributed by atoms with Gasteiger partial charge in [-0.2, -0.15) is 0 Å². The standard InChI is InChI=1S/C27H23ClN2O2S/c1-3-18-11-7-10-16-22(18)29-26(32)23-17(2)24(19-12-5-4-6-13-19)33-27(23)30-25(31)20-14-8-9-15-21(20)28/h4-16H,3H2,1-2H3,(H,29,32)(H,30,31). The lowest BCUT2D eigenvalue weighted by molar-refractivity contribution is 0.102. The summed E-state index contributed by atoms with van der Waals surface area (Å²) in [6, 6.07) is 24.4. The van der Waals surface area contributed by atoms with Crippen molar-refractivity contribution >= 4 is 45.4 Å². The quantitative estimate of drug-likeness (QED) is 0.305. The molecule has 2 amide bonds. The van der Waals surface area contributed by atoms with Crippen LogP contribution < -0.4 is 10.6 Å². The van der Waals surface area contributed by atoms with Gasteiger partial charge in [-0.3, -0.25) is 9.59 Å². The maximum absolute atomic E-state index is 13.5. The molecule has 2 N–H and O–H groups in total. The molecule has 6 heteroatoms. The van der Waals surface area contributed by atoms with Crippen molar-refractivity contribution in [2.75, 3.05) is 10.6 Å². The summed E-state index contributed by atoms with van der Waals surface area (Å²) in [5, 5.41) is 6.81. The van der Waals surface area contributed by atoms with Crippen LogP contribution in [0.5, 0.6) is 0 Å². The highest BCUT2D eigenvalue weighted by Gasteiger charge is 2.24. The number of halogens is 1. The lowest BCUT2D eigenvalue weighted by atomic mass is 10.1. The first-order chi connectivity index (χ1) is 16.0. The molecule has 0 unspecified atom stereocenters. The van der Waals surface area contributed by atoms with Gasteiger partial charge in [-0.1, -0.05) is 79.2 Å². The molecule has 0 fully saturated rings. The molecule has 0 aliphatic heterocycles. The Labute approximate surface area is 202 Å². The number of benzene rings is 3. The summed E-state index contributed by atoms with van der Waals surface area (Å²) in [4.78, 5) is 27.4. The highest BCUT2D eigenvalue weighted by atomic mass is 35.5. The summed E-state index contributed by atoms with van der Waals surface area (Å²) >= 11 is 7.61. The first-order valence-corrected chi connectivity index (χ1v) is 11.8. The zero-order chi connectivity index (χ0) is 23.4. The van der Waals surface area contributed by atoms with E-state index in [0.29, 0.717) is 21.2 Å². The first kappa shape index (κ1) is 22.8. The van der Waals surface area contributed by atoms with E-state index in [1.165, 1.54) is 11.3 Å². The van der Waals surface area contributed by atoms with E-state index in [4.69, 9.17) is 11.6 Å². The molecule has 33 heavy (non-hydrogen) atoms. The molecule has 4 rings (SSSR count). The second-order valence-corrected chi connectivity index (χ2v) is 8.95. The Morgan fingerprint density at radius 3 is 2.24 bits per heavy atom. The van der Waals surface area contributed by atoms with Gasteiger partial charge in [0.2, 0.25) is 0 Å². The van der Waals surface area contributed by atoms with Crippen LogP contribution in [0.1, 0.15) is 38.8 Å². The van der Waals surface area contributed by atoms with Crippen molar-refractivity contribution in [2.45, 2.75) is 20.3 Å². The molecule has 0 radical (unpaired) electrons. The number of nitrogens with one attached hydrogen (secondary N) is 2. The van der Waals surface area contributed by atoms with E-state index in [-0.39, 0.29) is 11.8 Å². The highest BCUT2D eigenvalue weighted by Crippen LogP contribution is 2.40. The summed E-state index contributed by atoms with van der Waals surface area (Å²) in [5.41, 5.74) is 4.41. The van der Waals surface area contributed by atoms with Crippen LogP contribution in [0.4, 0.5) is 10.7 Å². The number of aryl methyl sites for hydroxylation is 1. The summed E-state index contributed by atoms with van der Waals surface area (Å²) < 4.78 is 0. The van der Waals surface area contributed by atoms with Gasteiger partial charge < -0.3 is 10.6 Å². The number of carbonyl (C=O) groups excluding carboxylic acids is 2. The molecule has 1 aromatic heterocycles. The third-order valence-corrected chi connectivity index (χ3v) is 6.99. The molecule has 4 aromatic rings. The molecule has 0 atom stereocenters. The second-order valence-electron chi connectivity index (χ2n) is 7.53. The van der Waals surface area contributed by atoms with E-state index in [1.807, 2.05) is 68.4 Å². The largest absolute Gasteiger partial charge is 0.322 e. The molecule has 3 aromatic carbocycles. The molecule has 166 valence electrons. The number of rotatable bonds is 6. The Hall–Kier alpha value is -3.41. The third kappa shape index (κ3) is 4.85. The van der Waals surface area contributed by atoms with Crippen LogP contribution in [0.25, 0.3) is 10.4 Å². The van der Waals surface area contributed by atoms with Gasteiger partial charge >= 0.3 is 0 Å². The number of anilines is 2. The molecule has 4 nitrogen and oxygen atoms in total. The fourth-order valence-corrected chi connectivity index (χ4v) is 5.12. The van der Waals surface area contributed by atoms with E-state index in [0.717, 1.165) is 33.7 Å². The first-order valence-electron chi connectivity index (χ1n) is 10.6.